The highest BCUT2D eigenvalue weighted by atomic mass is 35.5. The van der Waals surface area contributed by atoms with E-state index in [0.29, 0.717) is 16.7 Å². The van der Waals surface area contributed by atoms with Crippen molar-refractivity contribution in [2.45, 2.75) is 6.92 Å². The molecule has 1 aromatic heterocycles. The molecule has 18 heavy (non-hydrogen) atoms. The summed E-state index contributed by atoms with van der Waals surface area (Å²) in [5.74, 6) is 0.794. The second-order valence-corrected chi connectivity index (χ2v) is 4.00. The molecule has 94 valence electrons. The number of halogens is 2. The van der Waals surface area contributed by atoms with Crippen LogP contribution in [0, 0.1) is 5.82 Å². The average Bonchev–Trinajstić information content (AvgIpc) is 2.35. The Morgan fingerprint density at radius 2 is 2.00 bits per heavy atom. The maximum absolute atomic E-state index is 13.5. The first-order valence-electron chi connectivity index (χ1n) is 5.47. The number of anilines is 3. The maximum atomic E-state index is 13.5. The van der Waals surface area contributed by atoms with Gasteiger partial charge in [0.25, 0.3) is 0 Å². The van der Waals surface area contributed by atoms with Gasteiger partial charge in [0.1, 0.15) is 23.8 Å². The van der Waals surface area contributed by atoms with Gasteiger partial charge in [0.05, 0.1) is 5.69 Å². The van der Waals surface area contributed by atoms with Gasteiger partial charge in [-0.3, -0.25) is 0 Å². The van der Waals surface area contributed by atoms with Crippen LogP contribution in [-0.4, -0.2) is 16.5 Å². The Kier molecular flexibility index (Phi) is 3.94. The van der Waals surface area contributed by atoms with Crippen LogP contribution in [0.2, 0.25) is 5.02 Å². The van der Waals surface area contributed by atoms with Crippen molar-refractivity contribution in [3.8, 4) is 0 Å². The molecule has 0 atom stereocenters. The summed E-state index contributed by atoms with van der Waals surface area (Å²) >= 11 is 5.81. The van der Waals surface area contributed by atoms with Gasteiger partial charge >= 0.3 is 0 Å². The molecule has 0 amide bonds. The first-order valence-corrected chi connectivity index (χ1v) is 5.85. The zero-order valence-corrected chi connectivity index (χ0v) is 10.5. The molecular weight excluding hydrogens is 255 g/mol. The number of rotatable bonds is 4. The van der Waals surface area contributed by atoms with E-state index in [2.05, 4.69) is 20.6 Å². The van der Waals surface area contributed by atoms with Crippen LogP contribution in [0.15, 0.2) is 30.6 Å². The highest BCUT2D eigenvalue weighted by Crippen LogP contribution is 2.23. The van der Waals surface area contributed by atoms with Crippen molar-refractivity contribution in [2.75, 3.05) is 17.2 Å². The highest BCUT2D eigenvalue weighted by molar-refractivity contribution is 6.30. The SMILES string of the molecule is CCNc1cc(Nc2cc(Cl)ccc2F)ncn1. The summed E-state index contributed by atoms with van der Waals surface area (Å²) in [4.78, 5) is 8.04. The minimum absolute atomic E-state index is 0.281. The lowest BCUT2D eigenvalue weighted by atomic mass is 10.3. The van der Waals surface area contributed by atoms with Crippen LogP contribution in [-0.2, 0) is 0 Å². The molecule has 0 aliphatic carbocycles. The number of nitrogens with one attached hydrogen (secondary N) is 2. The summed E-state index contributed by atoms with van der Waals surface area (Å²) in [5, 5.41) is 6.37. The minimum Gasteiger partial charge on any atom is -0.370 e. The Bertz CT molecular complexity index is 547. The van der Waals surface area contributed by atoms with Crippen LogP contribution in [0.1, 0.15) is 6.92 Å². The normalized spacial score (nSPS) is 10.2. The lowest BCUT2D eigenvalue weighted by molar-refractivity contribution is 0.632. The molecule has 0 saturated heterocycles. The molecule has 0 bridgehead atoms. The van der Waals surface area contributed by atoms with E-state index >= 15 is 0 Å². The van der Waals surface area contributed by atoms with Gasteiger partial charge in [-0.05, 0) is 25.1 Å². The molecule has 2 N–H and O–H groups in total. The number of benzene rings is 1. The molecule has 0 radical (unpaired) electrons. The molecule has 0 spiro atoms. The smallest absolute Gasteiger partial charge is 0.146 e. The van der Waals surface area contributed by atoms with Gasteiger partial charge in [-0.2, -0.15) is 0 Å². The van der Waals surface area contributed by atoms with E-state index in [1.165, 1.54) is 24.5 Å². The third kappa shape index (κ3) is 3.07. The summed E-state index contributed by atoms with van der Waals surface area (Å²) in [5.41, 5.74) is 0.281. The number of nitrogens with zero attached hydrogens (tertiary/aromatic N) is 2. The predicted molar refractivity (Wildman–Crippen MR) is 70.9 cm³/mol. The first kappa shape index (κ1) is 12.6. The van der Waals surface area contributed by atoms with E-state index in [-0.39, 0.29) is 11.5 Å². The fourth-order valence-corrected chi connectivity index (χ4v) is 1.61. The van der Waals surface area contributed by atoms with Gasteiger partial charge in [-0.25, -0.2) is 14.4 Å². The van der Waals surface area contributed by atoms with Crippen LogP contribution in [0.25, 0.3) is 0 Å². The fourth-order valence-electron chi connectivity index (χ4n) is 1.43. The lowest BCUT2D eigenvalue weighted by Gasteiger charge is -2.08. The van der Waals surface area contributed by atoms with E-state index in [1.807, 2.05) is 6.92 Å². The van der Waals surface area contributed by atoms with Crippen LogP contribution < -0.4 is 10.6 Å². The molecule has 2 rings (SSSR count). The molecule has 0 aliphatic rings. The third-order valence-corrected chi connectivity index (χ3v) is 2.45. The predicted octanol–water partition coefficient (Wildman–Crippen LogP) is 3.44. The molecule has 0 fully saturated rings. The number of aromatic nitrogens is 2. The Balaban J connectivity index is 2.22. The van der Waals surface area contributed by atoms with Crippen molar-refractivity contribution >= 4 is 28.9 Å². The average molecular weight is 267 g/mol. The summed E-state index contributed by atoms with van der Waals surface area (Å²) in [6.07, 6.45) is 1.41. The second-order valence-electron chi connectivity index (χ2n) is 3.57. The van der Waals surface area contributed by atoms with Crippen LogP contribution >= 0.6 is 11.6 Å². The Hall–Kier alpha value is -1.88. The monoisotopic (exact) mass is 266 g/mol. The quantitative estimate of drug-likeness (QED) is 0.890. The molecule has 1 heterocycles. The van der Waals surface area contributed by atoms with Crippen molar-refractivity contribution in [2.24, 2.45) is 0 Å². The summed E-state index contributed by atoms with van der Waals surface area (Å²) < 4.78 is 13.5. The standard InChI is InChI=1S/C12H12ClFN4/c1-2-15-11-6-12(17-7-16-11)18-10-5-8(13)3-4-9(10)14/h3-7H,2H2,1H3,(H2,15,16,17,18). The molecule has 2 aromatic rings. The van der Waals surface area contributed by atoms with Gasteiger partial charge in [0, 0.05) is 17.6 Å². The maximum Gasteiger partial charge on any atom is 0.146 e. The zero-order valence-electron chi connectivity index (χ0n) is 9.74. The summed E-state index contributed by atoms with van der Waals surface area (Å²) in [7, 11) is 0. The second kappa shape index (κ2) is 5.64. The van der Waals surface area contributed by atoms with Gasteiger partial charge in [-0.15, -0.1) is 0 Å². The third-order valence-electron chi connectivity index (χ3n) is 2.22. The fraction of sp³-hybridized carbons (Fsp3) is 0.167. The molecule has 4 nitrogen and oxygen atoms in total. The Morgan fingerprint density at radius 3 is 2.78 bits per heavy atom. The molecule has 1 aromatic carbocycles. The molecule has 6 heteroatoms. The van der Waals surface area contributed by atoms with Gasteiger partial charge in [-0.1, -0.05) is 11.6 Å². The summed E-state index contributed by atoms with van der Waals surface area (Å²) in [6, 6.07) is 6.00. The van der Waals surface area contributed by atoms with Gasteiger partial charge < -0.3 is 10.6 Å². The van der Waals surface area contributed by atoms with Crippen LogP contribution in [0.5, 0.6) is 0 Å². The number of hydrogen-bond donors (Lipinski definition) is 2. The van der Waals surface area contributed by atoms with Crippen molar-refractivity contribution in [1.82, 2.24) is 9.97 Å². The minimum atomic E-state index is -0.386. The van der Waals surface area contributed by atoms with Crippen LogP contribution in [0.4, 0.5) is 21.7 Å². The van der Waals surface area contributed by atoms with Crippen LogP contribution in [0.3, 0.4) is 0 Å². The van der Waals surface area contributed by atoms with Gasteiger partial charge in [0.2, 0.25) is 0 Å². The first-order chi connectivity index (χ1) is 8.69. The molecule has 0 saturated carbocycles. The van der Waals surface area contributed by atoms with E-state index in [0.717, 1.165) is 6.54 Å². The van der Waals surface area contributed by atoms with E-state index in [4.69, 9.17) is 11.6 Å². The lowest BCUT2D eigenvalue weighted by Crippen LogP contribution is -2.02. The van der Waals surface area contributed by atoms with Gasteiger partial charge in [0.15, 0.2) is 0 Å². The molecular formula is C12H12ClFN4. The largest absolute Gasteiger partial charge is 0.370 e. The van der Waals surface area contributed by atoms with E-state index < -0.39 is 0 Å². The Labute approximate surface area is 109 Å². The highest BCUT2D eigenvalue weighted by Gasteiger charge is 2.05. The Morgan fingerprint density at radius 1 is 1.22 bits per heavy atom. The van der Waals surface area contributed by atoms with E-state index in [9.17, 15) is 4.39 Å². The molecule has 0 unspecified atom stereocenters. The topological polar surface area (TPSA) is 49.8 Å². The van der Waals surface area contributed by atoms with E-state index in [1.54, 1.807) is 6.07 Å². The summed E-state index contributed by atoms with van der Waals surface area (Å²) in [6.45, 7) is 2.72. The zero-order chi connectivity index (χ0) is 13.0. The van der Waals surface area contributed by atoms with Crippen molar-refractivity contribution in [3.63, 3.8) is 0 Å². The van der Waals surface area contributed by atoms with Crippen molar-refractivity contribution in [1.29, 1.82) is 0 Å². The van der Waals surface area contributed by atoms with Crippen molar-refractivity contribution < 1.29 is 4.39 Å². The van der Waals surface area contributed by atoms with Crippen molar-refractivity contribution in [3.05, 3.63) is 41.4 Å². The number of hydrogen-bond acceptors (Lipinski definition) is 4. The molecule has 0 aliphatic heterocycles.